The van der Waals surface area contributed by atoms with Crippen LogP contribution in [-0.4, -0.2) is 34.3 Å². The minimum absolute atomic E-state index is 0.144. The second-order valence-electron chi connectivity index (χ2n) is 4.41. The van der Waals surface area contributed by atoms with Crippen molar-refractivity contribution in [2.45, 2.75) is 32.1 Å². The second-order valence-corrected chi connectivity index (χ2v) is 4.74. The molecule has 1 saturated heterocycles. The molecule has 0 amide bonds. The molecule has 2 aliphatic rings. The molecular formula is C11H14ClN3O2. The molecule has 6 heteroatoms. The summed E-state index contributed by atoms with van der Waals surface area (Å²) in [5.74, 6) is 0.842. The highest BCUT2D eigenvalue weighted by Gasteiger charge is 2.30. The quantitative estimate of drug-likeness (QED) is 0.803. The molecule has 0 aliphatic carbocycles. The fraction of sp³-hybridized carbons (Fsp3) is 0.636. The number of halogens is 1. The highest BCUT2D eigenvalue weighted by molar-refractivity contribution is 6.28. The number of hydrogen-bond acceptors (Lipinski definition) is 5. The van der Waals surface area contributed by atoms with Gasteiger partial charge in [-0.1, -0.05) is 0 Å². The molecule has 0 spiro atoms. The van der Waals surface area contributed by atoms with Crippen molar-refractivity contribution < 1.29 is 9.84 Å². The molecule has 1 aromatic heterocycles. The molecule has 1 aromatic rings. The first-order valence-corrected chi connectivity index (χ1v) is 6.18. The first-order valence-electron chi connectivity index (χ1n) is 5.80. The molecule has 1 fully saturated rings. The van der Waals surface area contributed by atoms with Crippen molar-refractivity contribution in [3.63, 3.8) is 0 Å². The normalized spacial score (nSPS) is 23.2. The van der Waals surface area contributed by atoms with Crippen LogP contribution in [0.3, 0.4) is 0 Å². The number of aliphatic hydroxyl groups excluding tert-OH is 1. The van der Waals surface area contributed by atoms with Gasteiger partial charge in [0.1, 0.15) is 5.82 Å². The maximum Gasteiger partial charge on any atom is 0.224 e. The van der Waals surface area contributed by atoms with Gasteiger partial charge in [0.25, 0.3) is 0 Å². The lowest BCUT2D eigenvalue weighted by molar-refractivity contribution is 0.133. The minimum Gasteiger partial charge on any atom is -0.394 e. The number of aliphatic hydroxyl groups is 1. The summed E-state index contributed by atoms with van der Waals surface area (Å²) in [5, 5.41) is 9.62. The van der Waals surface area contributed by atoms with Gasteiger partial charge in [-0.05, 0) is 24.4 Å². The average Bonchev–Trinajstić information content (AvgIpc) is 2.95. The largest absolute Gasteiger partial charge is 0.394 e. The molecule has 3 rings (SSSR count). The van der Waals surface area contributed by atoms with Crippen LogP contribution in [0.5, 0.6) is 0 Å². The van der Waals surface area contributed by atoms with Gasteiger partial charge in [0, 0.05) is 12.1 Å². The fourth-order valence-electron chi connectivity index (χ4n) is 2.55. The Kier molecular flexibility index (Phi) is 2.90. The summed E-state index contributed by atoms with van der Waals surface area (Å²) >= 11 is 5.93. The van der Waals surface area contributed by atoms with E-state index in [1.165, 1.54) is 0 Å². The van der Waals surface area contributed by atoms with E-state index < -0.39 is 0 Å². The van der Waals surface area contributed by atoms with E-state index in [1.807, 2.05) is 0 Å². The Bertz CT molecular complexity index is 441. The Labute approximate surface area is 104 Å². The van der Waals surface area contributed by atoms with Crippen molar-refractivity contribution in [2.75, 3.05) is 18.1 Å². The molecule has 0 unspecified atom stereocenters. The molecule has 5 nitrogen and oxygen atoms in total. The van der Waals surface area contributed by atoms with Crippen molar-refractivity contribution in [3.05, 3.63) is 16.5 Å². The lowest BCUT2D eigenvalue weighted by atomic mass is 10.2. The van der Waals surface area contributed by atoms with E-state index in [1.54, 1.807) is 0 Å². The average molecular weight is 256 g/mol. The van der Waals surface area contributed by atoms with Gasteiger partial charge in [-0.15, -0.1) is 0 Å². The molecule has 17 heavy (non-hydrogen) atoms. The highest BCUT2D eigenvalue weighted by Crippen LogP contribution is 2.32. The van der Waals surface area contributed by atoms with Crippen molar-refractivity contribution in [1.82, 2.24) is 9.97 Å². The predicted molar refractivity (Wildman–Crippen MR) is 63.0 cm³/mol. The number of rotatable bonds is 2. The van der Waals surface area contributed by atoms with E-state index in [0.29, 0.717) is 13.2 Å². The van der Waals surface area contributed by atoms with Gasteiger partial charge in [-0.2, -0.15) is 0 Å². The van der Waals surface area contributed by atoms with Crippen LogP contribution < -0.4 is 4.90 Å². The Morgan fingerprint density at radius 1 is 1.41 bits per heavy atom. The Morgan fingerprint density at radius 3 is 3.12 bits per heavy atom. The number of nitrogens with zero attached hydrogens (tertiary/aromatic N) is 3. The number of ether oxygens (including phenoxy) is 1. The molecule has 92 valence electrons. The van der Waals surface area contributed by atoms with Gasteiger partial charge in [-0.25, -0.2) is 9.97 Å². The van der Waals surface area contributed by atoms with Crippen LogP contribution >= 0.6 is 11.6 Å². The lowest BCUT2D eigenvalue weighted by Gasteiger charge is -2.25. The molecule has 0 saturated carbocycles. The summed E-state index contributed by atoms with van der Waals surface area (Å²) in [6, 6.07) is 0.144. The molecule has 0 radical (unpaired) electrons. The van der Waals surface area contributed by atoms with Crippen LogP contribution in [0, 0.1) is 0 Å². The first-order chi connectivity index (χ1) is 8.29. The second kappa shape index (κ2) is 4.40. The maximum absolute atomic E-state index is 9.37. The number of hydrogen-bond donors (Lipinski definition) is 1. The van der Waals surface area contributed by atoms with Crippen LogP contribution in [0.4, 0.5) is 5.82 Å². The zero-order valence-corrected chi connectivity index (χ0v) is 10.2. The highest BCUT2D eigenvalue weighted by atomic mass is 35.5. The maximum atomic E-state index is 9.37. The van der Waals surface area contributed by atoms with Gasteiger partial charge in [0.2, 0.25) is 5.28 Å². The van der Waals surface area contributed by atoms with E-state index in [9.17, 15) is 5.11 Å². The third kappa shape index (κ3) is 1.88. The Balaban J connectivity index is 2.02. The summed E-state index contributed by atoms with van der Waals surface area (Å²) < 4.78 is 5.39. The van der Waals surface area contributed by atoms with Crippen molar-refractivity contribution in [1.29, 1.82) is 0 Å². The zero-order chi connectivity index (χ0) is 11.8. The fourth-order valence-corrected chi connectivity index (χ4v) is 2.73. The molecule has 0 bridgehead atoms. The molecule has 0 aromatic carbocycles. The van der Waals surface area contributed by atoms with Crippen LogP contribution in [0.25, 0.3) is 0 Å². The first kappa shape index (κ1) is 11.2. The summed E-state index contributed by atoms with van der Waals surface area (Å²) in [7, 11) is 0. The third-order valence-electron chi connectivity index (χ3n) is 3.39. The van der Waals surface area contributed by atoms with E-state index in [4.69, 9.17) is 16.3 Å². The monoisotopic (exact) mass is 255 g/mol. The zero-order valence-electron chi connectivity index (χ0n) is 9.40. The summed E-state index contributed by atoms with van der Waals surface area (Å²) in [6.45, 7) is 2.10. The van der Waals surface area contributed by atoms with Crippen molar-refractivity contribution in [2.24, 2.45) is 0 Å². The van der Waals surface area contributed by atoms with Crippen molar-refractivity contribution in [3.8, 4) is 0 Å². The smallest absolute Gasteiger partial charge is 0.224 e. The molecule has 2 aliphatic heterocycles. The Hall–Kier alpha value is -0.910. The topological polar surface area (TPSA) is 58.5 Å². The Morgan fingerprint density at radius 2 is 2.29 bits per heavy atom. The number of aromatic nitrogens is 2. The molecular weight excluding hydrogens is 242 g/mol. The van der Waals surface area contributed by atoms with Gasteiger partial charge < -0.3 is 14.7 Å². The van der Waals surface area contributed by atoms with E-state index in [0.717, 1.165) is 36.5 Å². The summed E-state index contributed by atoms with van der Waals surface area (Å²) in [5.41, 5.74) is 1.90. The van der Waals surface area contributed by atoms with E-state index >= 15 is 0 Å². The molecule has 1 atom stereocenters. The lowest BCUT2D eigenvalue weighted by Crippen LogP contribution is -2.33. The van der Waals surface area contributed by atoms with Crippen LogP contribution in [-0.2, 0) is 18.0 Å². The van der Waals surface area contributed by atoms with E-state index in [-0.39, 0.29) is 17.9 Å². The van der Waals surface area contributed by atoms with Gasteiger partial charge in [0.05, 0.1) is 31.6 Å². The van der Waals surface area contributed by atoms with Gasteiger partial charge >= 0.3 is 0 Å². The molecule has 1 N–H and O–H groups in total. The van der Waals surface area contributed by atoms with Crippen LogP contribution in [0.1, 0.15) is 24.1 Å². The van der Waals surface area contributed by atoms with Gasteiger partial charge in [0.15, 0.2) is 0 Å². The molecule has 3 heterocycles. The van der Waals surface area contributed by atoms with E-state index in [2.05, 4.69) is 14.9 Å². The number of fused-ring (bicyclic) bond motifs is 1. The van der Waals surface area contributed by atoms with Crippen molar-refractivity contribution >= 4 is 17.4 Å². The minimum atomic E-state index is 0.144. The summed E-state index contributed by atoms with van der Waals surface area (Å²) in [6.07, 6.45) is 2.07. The van der Waals surface area contributed by atoms with Crippen LogP contribution in [0.15, 0.2) is 0 Å². The predicted octanol–water partition coefficient (Wildman–Crippen LogP) is 1.12. The standard InChI is InChI=1S/C11H14ClN3O2/c12-11-13-9-6-17-5-8(9)10(14-11)15-3-1-2-7(15)4-16/h7,16H,1-6H2/t7-/m0/s1. The SMILES string of the molecule is OC[C@@H]1CCCN1c1nc(Cl)nc2c1COC2. The summed E-state index contributed by atoms with van der Waals surface area (Å²) in [4.78, 5) is 10.6. The third-order valence-corrected chi connectivity index (χ3v) is 3.56. The van der Waals surface area contributed by atoms with Gasteiger partial charge in [-0.3, -0.25) is 0 Å². The number of anilines is 1. The van der Waals surface area contributed by atoms with Crippen LogP contribution in [0.2, 0.25) is 5.28 Å².